The molecule has 0 N–H and O–H groups in total. The van der Waals surface area contributed by atoms with E-state index in [9.17, 15) is 9.59 Å². The maximum absolute atomic E-state index is 14.1. The Hall–Kier alpha value is -4.45. The van der Waals surface area contributed by atoms with E-state index in [4.69, 9.17) is 9.72 Å². The molecule has 5 rings (SSSR count). The van der Waals surface area contributed by atoms with Crippen molar-refractivity contribution < 1.29 is 9.53 Å². The Bertz CT molecular complexity index is 1670. The number of para-hydroxylation sites is 1. The van der Waals surface area contributed by atoms with Gasteiger partial charge in [-0.1, -0.05) is 62.2 Å². The van der Waals surface area contributed by atoms with Crippen molar-refractivity contribution in [3.05, 3.63) is 113 Å². The fourth-order valence-electron chi connectivity index (χ4n) is 5.04. The summed E-state index contributed by atoms with van der Waals surface area (Å²) >= 11 is 0. The van der Waals surface area contributed by atoms with Crippen LogP contribution in [0.4, 0.5) is 0 Å². The first-order chi connectivity index (χ1) is 19.0. The van der Waals surface area contributed by atoms with Gasteiger partial charge < -0.3 is 9.64 Å². The highest BCUT2D eigenvalue weighted by molar-refractivity contribution is 5.98. The highest BCUT2D eigenvalue weighted by atomic mass is 16.5. The van der Waals surface area contributed by atoms with E-state index >= 15 is 0 Å². The lowest BCUT2D eigenvalue weighted by Crippen LogP contribution is -2.38. The van der Waals surface area contributed by atoms with Crippen LogP contribution in [0.1, 0.15) is 55.3 Å². The number of hydrogen-bond donors (Lipinski definition) is 0. The maximum Gasteiger partial charge on any atom is 0.266 e. The molecule has 1 amide bonds. The number of rotatable bonds is 9. The Labute approximate surface area is 228 Å². The van der Waals surface area contributed by atoms with E-state index in [0.29, 0.717) is 40.3 Å². The summed E-state index contributed by atoms with van der Waals surface area (Å²) in [5, 5.41) is 2.63. The van der Waals surface area contributed by atoms with Gasteiger partial charge in [0.2, 0.25) is 0 Å². The molecule has 4 aromatic carbocycles. The van der Waals surface area contributed by atoms with Crippen LogP contribution in [0, 0.1) is 0 Å². The van der Waals surface area contributed by atoms with E-state index in [1.54, 1.807) is 17.7 Å². The number of benzene rings is 4. The SMILES string of the molecule is CCCCCN(C(=O)c1ccc2ccccc2c1)C(C)c1nc2ccccc2c(=O)n1-c1ccc(OC)cc1. The third-order valence-corrected chi connectivity index (χ3v) is 7.23. The molecule has 1 aromatic heterocycles. The molecule has 0 bridgehead atoms. The number of carbonyl (C=O) groups is 1. The number of amides is 1. The summed E-state index contributed by atoms with van der Waals surface area (Å²) in [5.41, 5.74) is 1.74. The number of aromatic nitrogens is 2. The molecule has 198 valence electrons. The van der Waals surface area contributed by atoms with Gasteiger partial charge in [0.25, 0.3) is 11.5 Å². The first-order valence-electron chi connectivity index (χ1n) is 13.5. The van der Waals surface area contributed by atoms with Crippen LogP contribution in [-0.4, -0.2) is 34.0 Å². The first kappa shape index (κ1) is 26.2. The summed E-state index contributed by atoms with van der Waals surface area (Å²) in [6, 6.07) is 28.1. The molecule has 0 spiro atoms. The topological polar surface area (TPSA) is 64.4 Å². The molecule has 1 unspecified atom stereocenters. The number of hydrogen-bond acceptors (Lipinski definition) is 4. The van der Waals surface area contributed by atoms with Crippen molar-refractivity contribution in [2.75, 3.05) is 13.7 Å². The van der Waals surface area contributed by atoms with Crippen LogP contribution in [0.25, 0.3) is 27.4 Å². The number of methoxy groups -OCH3 is 1. The number of nitrogens with zero attached hydrogens (tertiary/aromatic N) is 3. The fourth-order valence-corrected chi connectivity index (χ4v) is 5.04. The minimum atomic E-state index is -0.458. The molecule has 0 radical (unpaired) electrons. The van der Waals surface area contributed by atoms with Crippen molar-refractivity contribution in [3.8, 4) is 11.4 Å². The normalized spacial score (nSPS) is 12.0. The summed E-state index contributed by atoms with van der Waals surface area (Å²) in [6.45, 7) is 4.67. The van der Waals surface area contributed by atoms with Gasteiger partial charge in [-0.15, -0.1) is 0 Å². The maximum atomic E-state index is 14.1. The van der Waals surface area contributed by atoms with Crippen molar-refractivity contribution in [1.29, 1.82) is 0 Å². The van der Waals surface area contributed by atoms with E-state index in [1.807, 2.05) is 96.8 Å². The van der Waals surface area contributed by atoms with Crippen LogP contribution >= 0.6 is 0 Å². The van der Waals surface area contributed by atoms with Crippen molar-refractivity contribution >= 4 is 27.6 Å². The van der Waals surface area contributed by atoms with Gasteiger partial charge in [-0.3, -0.25) is 14.2 Å². The highest BCUT2D eigenvalue weighted by Gasteiger charge is 2.27. The van der Waals surface area contributed by atoms with Crippen molar-refractivity contribution in [1.82, 2.24) is 14.5 Å². The molecule has 0 aliphatic heterocycles. The van der Waals surface area contributed by atoms with Crippen LogP contribution in [-0.2, 0) is 0 Å². The molecule has 0 saturated heterocycles. The minimum Gasteiger partial charge on any atom is -0.497 e. The number of carbonyl (C=O) groups excluding carboxylic acids is 1. The average Bonchev–Trinajstić information content (AvgIpc) is 2.98. The van der Waals surface area contributed by atoms with Crippen molar-refractivity contribution in [2.24, 2.45) is 0 Å². The molecular weight excluding hydrogens is 486 g/mol. The molecule has 1 heterocycles. The summed E-state index contributed by atoms with van der Waals surface area (Å²) in [6.07, 6.45) is 2.91. The quantitative estimate of drug-likeness (QED) is 0.198. The van der Waals surface area contributed by atoms with Crippen LogP contribution < -0.4 is 10.3 Å². The number of fused-ring (bicyclic) bond motifs is 2. The van der Waals surface area contributed by atoms with E-state index < -0.39 is 6.04 Å². The lowest BCUT2D eigenvalue weighted by molar-refractivity contribution is 0.0677. The Kier molecular flexibility index (Phi) is 7.73. The van der Waals surface area contributed by atoms with E-state index in [0.717, 1.165) is 30.0 Å². The Morgan fingerprint density at radius 1 is 0.923 bits per heavy atom. The first-order valence-corrected chi connectivity index (χ1v) is 13.5. The molecular formula is C33H33N3O3. The molecule has 6 heteroatoms. The third-order valence-electron chi connectivity index (χ3n) is 7.23. The van der Waals surface area contributed by atoms with Gasteiger partial charge in [-0.25, -0.2) is 4.98 Å². The van der Waals surface area contributed by atoms with E-state index in [-0.39, 0.29) is 11.5 Å². The summed E-state index contributed by atoms with van der Waals surface area (Å²) in [7, 11) is 1.61. The fraction of sp³-hybridized carbons (Fsp3) is 0.242. The van der Waals surface area contributed by atoms with Gasteiger partial charge in [0.15, 0.2) is 0 Å². The predicted molar refractivity (Wildman–Crippen MR) is 157 cm³/mol. The zero-order chi connectivity index (χ0) is 27.4. The second-order valence-corrected chi connectivity index (χ2v) is 9.77. The van der Waals surface area contributed by atoms with Gasteiger partial charge >= 0.3 is 0 Å². The molecule has 0 fully saturated rings. The molecule has 0 aliphatic carbocycles. The molecule has 5 aromatic rings. The Morgan fingerprint density at radius 3 is 2.38 bits per heavy atom. The summed E-state index contributed by atoms with van der Waals surface area (Å²) in [4.78, 5) is 34.8. The monoisotopic (exact) mass is 519 g/mol. The van der Waals surface area contributed by atoms with Gasteiger partial charge in [0, 0.05) is 12.1 Å². The van der Waals surface area contributed by atoms with Gasteiger partial charge in [0.1, 0.15) is 11.6 Å². The molecule has 1 atom stereocenters. The van der Waals surface area contributed by atoms with E-state index in [2.05, 4.69) is 6.92 Å². The van der Waals surface area contributed by atoms with Crippen LogP contribution in [0.3, 0.4) is 0 Å². The number of unbranched alkanes of at least 4 members (excludes halogenated alkanes) is 2. The van der Waals surface area contributed by atoms with Gasteiger partial charge in [-0.2, -0.15) is 0 Å². The third kappa shape index (κ3) is 5.28. The minimum absolute atomic E-state index is 0.0759. The zero-order valence-electron chi connectivity index (χ0n) is 22.6. The Morgan fingerprint density at radius 2 is 1.64 bits per heavy atom. The summed E-state index contributed by atoms with van der Waals surface area (Å²) < 4.78 is 6.96. The van der Waals surface area contributed by atoms with Crippen LogP contribution in [0.5, 0.6) is 5.75 Å². The van der Waals surface area contributed by atoms with Crippen molar-refractivity contribution in [2.45, 2.75) is 39.2 Å². The molecule has 0 saturated carbocycles. The smallest absolute Gasteiger partial charge is 0.266 e. The molecule has 0 aliphatic rings. The standard InChI is InChI=1S/C33H33N3O3/c1-4-5-10-21-35(32(37)26-16-15-24-11-6-7-12-25(24)22-26)23(2)31-34-30-14-9-8-13-29(30)33(38)36(31)27-17-19-28(39-3)20-18-27/h6-9,11-20,22-23H,4-5,10,21H2,1-3H3. The predicted octanol–water partition coefficient (Wildman–Crippen LogP) is 6.94. The highest BCUT2D eigenvalue weighted by Crippen LogP contribution is 2.27. The molecule has 6 nitrogen and oxygen atoms in total. The summed E-state index contributed by atoms with van der Waals surface area (Å²) in [5.74, 6) is 1.14. The zero-order valence-corrected chi connectivity index (χ0v) is 22.6. The molecule has 39 heavy (non-hydrogen) atoms. The van der Waals surface area contributed by atoms with Gasteiger partial charge in [-0.05, 0) is 72.6 Å². The number of ether oxygens (including phenoxy) is 1. The second-order valence-electron chi connectivity index (χ2n) is 9.77. The van der Waals surface area contributed by atoms with Gasteiger partial charge in [0.05, 0.1) is 29.7 Å². The Balaban J connectivity index is 1.64. The van der Waals surface area contributed by atoms with Crippen LogP contribution in [0.15, 0.2) is 95.8 Å². The largest absolute Gasteiger partial charge is 0.497 e. The average molecular weight is 520 g/mol. The second kappa shape index (κ2) is 11.5. The van der Waals surface area contributed by atoms with Crippen LogP contribution in [0.2, 0.25) is 0 Å². The van der Waals surface area contributed by atoms with E-state index in [1.165, 1.54) is 0 Å². The lowest BCUT2D eigenvalue weighted by atomic mass is 10.0. The van der Waals surface area contributed by atoms with Crippen molar-refractivity contribution in [3.63, 3.8) is 0 Å². The lowest BCUT2D eigenvalue weighted by Gasteiger charge is -2.31.